The number of benzene rings is 1. The monoisotopic (exact) mass is 236 g/mol. The molecule has 1 aromatic carbocycles. The van der Waals surface area contributed by atoms with Crippen LogP contribution in [0, 0.1) is 0 Å². The second-order valence-electron chi connectivity index (χ2n) is 4.64. The number of ether oxygens (including phenoxy) is 1. The summed E-state index contributed by atoms with van der Waals surface area (Å²) in [6.07, 6.45) is 0. The summed E-state index contributed by atoms with van der Waals surface area (Å²) in [4.78, 5) is 2.17. The molecule has 0 aliphatic heterocycles. The molecule has 0 aliphatic rings. The summed E-state index contributed by atoms with van der Waals surface area (Å²) in [6, 6.07) is 8.92. The normalized spacial score (nSPS) is 12.8. The van der Waals surface area contributed by atoms with Gasteiger partial charge in [-0.15, -0.1) is 0 Å². The van der Waals surface area contributed by atoms with Crippen molar-refractivity contribution in [3.63, 3.8) is 0 Å². The van der Waals surface area contributed by atoms with Crippen molar-refractivity contribution in [1.29, 1.82) is 0 Å². The minimum atomic E-state index is 0.342. The van der Waals surface area contributed by atoms with Gasteiger partial charge < -0.3 is 15.0 Å². The lowest BCUT2D eigenvalue weighted by Gasteiger charge is -2.16. The Morgan fingerprint density at radius 1 is 1.24 bits per heavy atom. The lowest BCUT2D eigenvalue weighted by molar-refractivity contribution is 0.141. The molecule has 3 heteroatoms. The second-order valence-corrected chi connectivity index (χ2v) is 4.64. The summed E-state index contributed by atoms with van der Waals surface area (Å²) in [5.74, 6) is 0. The molecule has 0 saturated carbocycles. The van der Waals surface area contributed by atoms with Gasteiger partial charge in [0.2, 0.25) is 0 Å². The van der Waals surface area contributed by atoms with E-state index in [2.05, 4.69) is 55.5 Å². The Kier molecular flexibility index (Phi) is 6.01. The van der Waals surface area contributed by atoms with Gasteiger partial charge in [0.05, 0.1) is 6.61 Å². The topological polar surface area (TPSA) is 24.5 Å². The molecular formula is C14H24N2O. The fourth-order valence-electron chi connectivity index (χ4n) is 1.69. The smallest absolute Gasteiger partial charge is 0.0664 e. The third kappa shape index (κ3) is 5.71. The van der Waals surface area contributed by atoms with Gasteiger partial charge in [-0.05, 0) is 45.6 Å². The highest BCUT2D eigenvalue weighted by Crippen LogP contribution is 2.11. The molecule has 96 valence electrons. The maximum atomic E-state index is 5.37. The first-order valence-electron chi connectivity index (χ1n) is 6.19. The van der Waals surface area contributed by atoms with Crippen molar-refractivity contribution >= 4 is 5.69 Å². The molecule has 0 heterocycles. The van der Waals surface area contributed by atoms with Gasteiger partial charge >= 0.3 is 0 Å². The third-order valence-electron chi connectivity index (χ3n) is 2.44. The van der Waals surface area contributed by atoms with Gasteiger partial charge in [-0.1, -0.05) is 12.1 Å². The predicted octanol–water partition coefficient (Wildman–Crippen LogP) is 2.59. The van der Waals surface area contributed by atoms with Crippen LogP contribution in [-0.4, -0.2) is 38.3 Å². The first-order valence-corrected chi connectivity index (χ1v) is 6.19. The first kappa shape index (κ1) is 14.0. The molecule has 0 spiro atoms. The zero-order valence-corrected chi connectivity index (χ0v) is 11.4. The number of anilines is 1. The summed E-state index contributed by atoms with van der Waals surface area (Å²) in [5, 5.41) is 3.42. The van der Waals surface area contributed by atoms with Crippen molar-refractivity contribution in [1.82, 2.24) is 4.90 Å². The largest absolute Gasteiger partial charge is 0.380 e. The molecule has 0 aliphatic carbocycles. The van der Waals surface area contributed by atoms with Gasteiger partial charge in [-0.2, -0.15) is 0 Å². The van der Waals surface area contributed by atoms with Gasteiger partial charge in [0, 0.05) is 24.9 Å². The van der Waals surface area contributed by atoms with E-state index in [1.165, 1.54) is 5.56 Å². The Hall–Kier alpha value is -1.06. The molecule has 1 unspecified atom stereocenters. The fraction of sp³-hybridized carbons (Fsp3) is 0.571. The van der Waals surface area contributed by atoms with Crippen LogP contribution >= 0.6 is 0 Å². The SMILES string of the molecule is CCOCC(C)Nc1ccc(CN(C)C)cc1. The zero-order valence-electron chi connectivity index (χ0n) is 11.4. The Balaban J connectivity index is 2.44. The highest BCUT2D eigenvalue weighted by atomic mass is 16.5. The minimum absolute atomic E-state index is 0.342. The fourth-order valence-corrected chi connectivity index (χ4v) is 1.69. The Morgan fingerprint density at radius 2 is 1.88 bits per heavy atom. The molecule has 17 heavy (non-hydrogen) atoms. The van der Waals surface area contributed by atoms with E-state index in [1.54, 1.807) is 0 Å². The predicted molar refractivity (Wildman–Crippen MR) is 73.4 cm³/mol. The number of rotatable bonds is 7. The summed E-state index contributed by atoms with van der Waals surface area (Å²) in [5.41, 5.74) is 2.48. The van der Waals surface area contributed by atoms with Gasteiger partial charge in [-0.3, -0.25) is 0 Å². The lowest BCUT2D eigenvalue weighted by Crippen LogP contribution is -2.21. The molecule has 0 aromatic heterocycles. The molecule has 1 aromatic rings. The second kappa shape index (κ2) is 7.30. The highest BCUT2D eigenvalue weighted by Gasteiger charge is 2.02. The molecule has 0 fully saturated rings. The molecule has 1 atom stereocenters. The number of hydrogen-bond acceptors (Lipinski definition) is 3. The maximum Gasteiger partial charge on any atom is 0.0664 e. The average Bonchev–Trinajstić information content (AvgIpc) is 2.28. The van der Waals surface area contributed by atoms with Crippen LogP contribution in [-0.2, 0) is 11.3 Å². The van der Waals surface area contributed by atoms with E-state index < -0.39 is 0 Å². The van der Waals surface area contributed by atoms with Crippen LogP contribution in [0.5, 0.6) is 0 Å². The van der Waals surface area contributed by atoms with E-state index in [4.69, 9.17) is 4.74 Å². The molecule has 3 nitrogen and oxygen atoms in total. The Bertz CT molecular complexity index is 309. The Labute approximate surface area is 105 Å². The van der Waals surface area contributed by atoms with Crippen molar-refractivity contribution in [3.8, 4) is 0 Å². The van der Waals surface area contributed by atoms with Crippen LogP contribution in [0.2, 0.25) is 0 Å². The maximum absolute atomic E-state index is 5.37. The van der Waals surface area contributed by atoms with Gasteiger partial charge in [0.15, 0.2) is 0 Å². The van der Waals surface area contributed by atoms with Crippen LogP contribution in [0.25, 0.3) is 0 Å². The van der Waals surface area contributed by atoms with Crippen molar-refractivity contribution < 1.29 is 4.74 Å². The van der Waals surface area contributed by atoms with E-state index in [0.29, 0.717) is 6.04 Å². The molecule has 0 bridgehead atoms. The highest BCUT2D eigenvalue weighted by molar-refractivity contribution is 5.45. The molecular weight excluding hydrogens is 212 g/mol. The van der Waals surface area contributed by atoms with Crippen molar-refractivity contribution in [2.24, 2.45) is 0 Å². The molecule has 0 amide bonds. The van der Waals surface area contributed by atoms with Crippen molar-refractivity contribution in [3.05, 3.63) is 29.8 Å². The van der Waals surface area contributed by atoms with Crippen LogP contribution in [0.15, 0.2) is 24.3 Å². The standard InChI is InChI=1S/C14H24N2O/c1-5-17-11-12(2)15-14-8-6-13(7-9-14)10-16(3)4/h6-9,12,15H,5,10-11H2,1-4H3. The average molecular weight is 236 g/mol. The third-order valence-corrected chi connectivity index (χ3v) is 2.44. The van der Waals surface area contributed by atoms with E-state index in [1.807, 2.05) is 6.92 Å². The molecule has 0 saturated heterocycles. The Morgan fingerprint density at radius 3 is 2.41 bits per heavy atom. The summed E-state index contributed by atoms with van der Waals surface area (Å²) in [6.45, 7) is 6.64. The van der Waals surface area contributed by atoms with Gasteiger partial charge in [-0.25, -0.2) is 0 Å². The van der Waals surface area contributed by atoms with Crippen LogP contribution in [0.4, 0.5) is 5.69 Å². The molecule has 1 N–H and O–H groups in total. The molecule has 0 radical (unpaired) electrons. The van der Waals surface area contributed by atoms with Gasteiger partial charge in [0.1, 0.15) is 0 Å². The minimum Gasteiger partial charge on any atom is -0.380 e. The lowest BCUT2D eigenvalue weighted by atomic mass is 10.2. The van der Waals surface area contributed by atoms with E-state index in [-0.39, 0.29) is 0 Å². The number of nitrogens with zero attached hydrogens (tertiary/aromatic N) is 1. The van der Waals surface area contributed by atoms with E-state index in [9.17, 15) is 0 Å². The first-order chi connectivity index (χ1) is 8.11. The number of nitrogens with one attached hydrogen (secondary N) is 1. The van der Waals surface area contributed by atoms with Crippen LogP contribution in [0.3, 0.4) is 0 Å². The summed E-state index contributed by atoms with van der Waals surface area (Å²) < 4.78 is 5.37. The van der Waals surface area contributed by atoms with Crippen molar-refractivity contribution in [2.45, 2.75) is 26.4 Å². The van der Waals surface area contributed by atoms with Crippen molar-refractivity contribution in [2.75, 3.05) is 32.6 Å². The van der Waals surface area contributed by atoms with Crippen LogP contribution < -0.4 is 5.32 Å². The quantitative estimate of drug-likeness (QED) is 0.787. The van der Waals surface area contributed by atoms with Gasteiger partial charge in [0.25, 0.3) is 0 Å². The summed E-state index contributed by atoms with van der Waals surface area (Å²) in [7, 11) is 4.16. The number of hydrogen-bond donors (Lipinski definition) is 1. The van der Waals surface area contributed by atoms with Crippen LogP contribution in [0.1, 0.15) is 19.4 Å². The van der Waals surface area contributed by atoms with E-state index in [0.717, 1.165) is 25.4 Å². The van der Waals surface area contributed by atoms with E-state index >= 15 is 0 Å². The zero-order chi connectivity index (χ0) is 12.7. The summed E-state index contributed by atoms with van der Waals surface area (Å²) >= 11 is 0. The molecule has 1 rings (SSSR count).